The molecule has 0 fully saturated rings. The molecule has 0 saturated carbocycles. The van der Waals surface area contributed by atoms with Gasteiger partial charge < -0.3 is 14.2 Å². The van der Waals surface area contributed by atoms with Gasteiger partial charge >= 0.3 is 6.36 Å². The van der Waals surface area contributed by atoms with E-state index in [0.29, 0.717) is 37.2 Å². The maximum Gasteiger partial charge on any atom is 0.573 e. The maximum atomic E-state index is 12.9. The monoisotopic (exact) mass is 424 g/mol. The summed E-state index contributed by atoms with van der Waals surface area (Å²) in [4.78, 5) is 0. The first-order valence-electron chi connectivity index (χ1n) is 10.4. The van der Waals surface area contributed by atoms with E-state index >= 15 is 0 Å². The largest absolute Gasteiger partial charge is 0.573 e. The normalized spacial score (nSPS) is 16.0. The van der Waals surface area contributed by atoms with Crippen molar-refractivity contribution in [1.82, 2.24) is 10.2 Å². The Hall–Kier alpha value is -2.51. The molecule has 0 saturated heterocycles. The zero-order chi connectivity index (χ0) is 21.6. The summed E-state index contributed by atoms with van der Waals surface area (Å²) >= 11 is 0. The minimum atomic E-state index is -4.79. The average molecular weight is 424 g/mol. The molecule has 0 radical (unpaired) electrons. The van der Waals surface area contributed by atoms with Crippen LogP contribution in [0.15, 0.2) is 24.3 Å². The van der Waals surface area contributed by atoms with Gasteiger partial charge in [-0.05, 0) is 56.7 Å². The summed E-state index contributed by atoms with van der Waals surface area (Å²) in [5.74, 6) is 0.186. The molecule has 0 amide bonds. The maximum absolute atomic E-state index is 12.9. The second-order valence-corrected chi connectivity index (χ2v) is 7.35. The third-order valence-corrected chi connectivity index (χ3v) is 4.95. The molecule has 3 rings (SSSR count). The highest BCUT2D eigenvalue weighted by atomic mass is 19.4. The molecule has 5 nitrogen and oxygen atoms in total. The summed E-state index contributed by atoms with van der Waals surface area (Å²) in [7, 11) is 0. The van der Waals surface area contributed by atoms with E-state index in [1.165, 1.54) is 6.07 Å². The molecule has 1 aromatic heterocycles. The molecule has 1 atom stereocenters. The Labute approximate surface area is 174 Å². The summed E-state index contributed by atoms with van der Waals surface area (Å²) in [5.41, 5.74) is 2.47. The topological polar surface area (TPSA) is 53.5 Å². The highest BCUT2D eigenvalue weighted by molar-refractivity contribution is 5.53. The lowest BCUT2D eigenvalue weighted by Crippen LogP contribution is -2.25. The average Bonchev–Trinajstić information content (AvgIpc) is 2.71. The number of benzene rings is 1. The van der Waals surface area contributed by atoms with E-state index in [9.17, 15) is 13.2 Å². The van der Waals surface area contributed by atoms with Gasteiger partial charge in [0.1, 0.15) is 5.75 Å². The van der Waals surface area contributed by atoms with Gasteiger partial charge in [0.15, 0.2) is 11.5 Å². The smallest absolute Gasteiger partial charge is 0.493 e. The minimum absolute atomic E-state index is 0.0925. The molecule has 0 bridgehead atoms. The van der Waals surface area contributed by atoms with Crippen LogP contribution in [0.3, 0.4) is 0 Å². The molecule has 0 spiro atoms. The van der Waals surface area contributed by atoms with Crippen molar-refractivity contribution in [3.63, 3.8) is 0 Å². The van der Waals surface area contributed by atoms with Crippen molar-refractivity contribution in [3.05, 3.63) is 41.2 Å². The van der Waals surface area contributed by atoms with Gasteiger partial charge in [0.25, 0.3) is 0 Å². The number of nitrogens with zero attached hydrogens (tertiary/aromatic N) is 2. The zero-order valence-electron chi connectivity index (χ0n) is 17.3. The quantitative estimate of drug-likeness (QED) is 0.502. The van der Waals surface area contributed by atoms with Gasteiger partial charge in [0.05, 0.1) is 24.1 Å². The van der Waals surface area contributed by atoms with Gasteiger partial charge in [-0.1, -0.05) is 20.3 Å². The van der Waals surface area contributed by atoms with Gasteiger partial charge in [-0.25, -0.2) is 0 Å². The van der Waals surface area contributed by atoms with Crippen LogP contribution in [0.2, 0.25) is 0 Å². The minimum Gasteiger partial charge on any atom is -0.493 e. The molecule has 1 unspecified atom stereocenters. The van der Waals surface area contributed by atoms with Crippen molar-refractivity contribution in [2.75, 3.05) is 6.61 Å². The number of halogens is 3. The van der Waals surface area contributed by atoms with Crippen LogP contribution in [-0.2, 0) is 19.3 Å². The molecule has 2 aromatic rings. The Kier molecular flexibility index (Phi) is 7.39. The number of aryl methyl sites for hydroxylation is 3. The number of rotatable bonds is 9. The van der Waals surface area contributed by atoms with Crippen LogP contribution in [0.4, 0.5) is 13.2 Å². The van der Waals surface area contributed by atoms with Crippen molar-refractivity contribution < 1.29 is 27.4 Å². The molecule has 0 aliphatic carbocycles. The molecule has 1 aliphatic heterocycles. The first-order valence-corrected chi connectivity index (χ1v) is 10.4. The number of hydrogen-bond donors (Lipinski definition) is 0. The SMILES string of the molecule is CCCC1CCc2cc(OCCCc3ccc(CC)nn3)cc(OC(F)(F)F)c2O1. The Morgan fingerprint density at radius 3 is 2.57 bits per heavy atom. The molecule has 164 valence electrons. The lowest BCUT2D eigenvalue weighted by Gasteiger charge is -2.28. The highest BCUT2D eigenvalue weighted by Gasteiger charge is 2.35. The molecule has 1 aromatic carbocycles. The standard InChI is InChI=1S/C22H27F3N2O3/c1-3-6-18-11-8-15-13-19(14-20(21(15)29-18)30-22(23,24)25)28-12-5-7-17-10-9-16(4-2)26-27-17/h9-10,13-14,18H,3-8,11-12H2,1-2H3. The number of fused-ring (bicyclic) bond motifs is 1. The summed E-state index contributed by atoms with van der Waals surface area (Å²) < 4.78 is 54.5. The number of hydrogen-bond acceptors (Lipinski definition) is 5. The van der Waals surface area contributed by atoms with E-state index in [1.54, 1.807) is 6.07 Å². The number of alkyl halides is 3. The molecule has 8 heteroatoms. The first kappa shape index (κ1) is 22.2. The lowest BCUT2D eigenvalue weighted by atomic mass is 9.99. The van der Waals surface area contributed by atoms with Gasteiger partial charge in [-0.2, -0.15) is 10.2 Å². The molecular formula is C22H27F3N2O3. The Balaban J connectivity index is 1.65. The van der Waals surface area contributed by atoms with E-state index in [0.717, 1.165) is 37.1 Å². The van der Waals surface area contributed by atoms with Crippen molar-refractivity contribution in [2.24, 2.45) is 0 Å². The molecule has 1 aliphatic rings. The van der Waals surface area contributed by atoms with Crippen LogP contribution in [-0.4, -0.2) is 29.3 Å². The number of aromatic nitrogens is 2. The summed E-state index contributed by atoms with van der Waals surface area (Å²) in [6.45, 7) is 4.38. The molecular weight excluding hydrogens is 397 g/mol. The van der Waals surface area contributed by atoms with Crippen LogP contribution in [0.25, 0.3) is 0 Å². The fourth-order valence-electron chi connectivity index (χ4n) is 3.46. The Bertz CT molecular complexity index is 826. The lowest BCUT2D eigenvalue weighted by molar-refractivity contribution is -0.275. The molecule has 0 N–H and O–H groups in total. The van der Waals surface area contributed by atoms with Crippen molar-refractivity contribution >= 4 is 0 Å². The Morgan fingerprint density at radius 2 is 1.90 bits per heavy atom. The van der Waals surface area contributed by atoms with E-state index < -0.39 is 6.36 Å². The van der Waals surface area contributed by atoms with Crippen LogP contribution in [0.5, 0.6) is 17.2 Å². The van der Waals surface area contributed by atoms with E-state index in [4.69, 9.17) is 9.47 Å². The summed E-state index contributed by atoms with van der Waals surface area (Å²) in [5, 5.41) is 8.28. The zero-order valence-corrected chi connectivity index (χ0v) is 17.3. The predicted octanol–water partition coefficient (Wildman–Crippen LogP) is 5.44. The van der Waals surface area contributed by atoms with E-state index in [2.05, 4.69) is 14.9 Å². The van der Waals surface area contributed by atoms with Gasteiger partial charge in [0, 0.05) is 11.6 Å². The third-order valence-electron chi connectivity index (χ3n) is 4.95. The second-order valence-electron chi connectivity index (χ2n) is 7.35. The van der Waals surface area contributed by atoms with Crippen LogP contribution in [0.1, 0.15) is 56.5 Å². The van der Waals surface area contributed by atoms with Crippen molar-refractivity contribution in [2.45, 2.75) is 71.3 Å². The Morgan fingerprint density at radius 1 is 1.13 bits per heavy atom. The number of ether oxygens (including phenoxy) is 3. The van der Waals surface area contributed by atoms with Crippen LogP contribution < -0.4 is 14.2 Å². The summed E-state index contributed by atoms with van der Waals surface area (Å²) in [6, 6.07) is 6.89. The fraction of sp³-hybridized carbons (Fsp3) is 0.545. The van der Waals surface area contributed by atoms with Crippen LogP contribution >= 0.6 is 0 Å². The predicted molar refractivity (Wildman–Crippen MR) is 106 cm³/mol. The molecule has 30 heavy (non-hydrogen) atoms. The molecule has 2 heterocycles. The van der Waals surface area contributed by atoms with Crippen LogP contribution in [0, 0.1) is 0 Å². The highest BCUT2D eigenvalue weighted by Crippen LogP contribution is 2.43. The second kappa shape index (κ2) is 10.00. The van der Waals surface area contributed by atoms with E-state index in [1.807, 2.05) is 26.0 Å². The fourth-order valence-corrected chi connectivity index (χ4v) is 3.46. The van der Waals surface area contributed by atoms with Gasteiger partial charge in [0.2, 0.25) is 0 Å². The van der Waals surface area contributed by atoms with Gasteiger partial charge in [-0.15, -0.1) is 13.2 Å². The van der Waals surface area contributed by atoms with Crippen molar-refractivity contribution in [3.8, 4) is 17.2 Å². The third kappa shape index (κ3) is 6.24. The van der Waals surface area contributed by atoms with Crippen molar-refractivity contribution in [1.29, 1.82) is 0 Å². The van der Waals surface area contributed by atoms with Gasteiger partial charge in [-0.3, -0.25) is 0 Å². The van der Waals surface area contributed by atoms with E-state index in [-0.39, 0.29) is 17.6 Å². The summed E-state index contributed by atoms with van der Waals surface area (Å²) in [6.07, 6.45) is 0.388. The first-order chi connectivity index (χ1) is 14.4.